The SMILES string of the molecule is Cc1cc(C)cc(Cc2ccccc2/C=C(\C#N)C(=O)Nc2ccc(F)cc2)c1. The molecule has 4 heteroatoms. The van der Waals surface area contributed by atoms with Crippen molar-refractivity contribution < 1.29 is 9.18 Å². The number of amides is 1. The van der Waals surface area contributed by atoms with Crippen molar-refractivity contribution in [2.45, 2.75) is 20.3 Å². The average Bonchev–Trinajstić information content (AvgIpc) is 2.68. The van der Waals surface area contributed by atoms with Crippen LogP contribution in [0.2, 0.25) is 0 Å². The average molecular weight is 384 g/mol. The molecule has 3 nitrogen and oxygen atoms in total. The number of hydrogen-bond donors (Lipinski definition) is 1. The number of nitriles is 1. The third-order valence-corrected chi connectivity index (χ3v) is 4.50. The van der Waals surface area contributed by atoms with E-state index in [2.05, 4.69) is 37.4 Å². The molecule has 1 N–H and O–H groups in total. The minimum atomic E-state index is -0.527. The van der Waals surface area contributed by atoms with Crippen molar-refractivity contribution in [3.8, 4) is 6.07 Å². The maximum absolute atomic E-state index is 13.0. The van der Waals surface area contributed by atoms with Crippen molar-refractivity contribution in [2.24, 2.45) is 0 Å². The second-order valence-corrected chi connectivity index (χ2v) is 7.00. The summed E-state index contributed by atoms with van der Waals surface area (Å²) in [4.78, 5) is 12.5. The van der Waals surface area contributed by atoms with Gasteiger partial charge in [0.05, 0.1) is 0 Å². The fraction of sp³-hybridized carbons (Fsp3) is 0.120. The lowest BCUT2D eigenvalue weighted by Gasteiger charge is -2.09. The highest BCUT2D eigenvalue weighted by Crippen LogP contribution is 2.20. The lowest BCUT2D eigenvalue weighted by molar-refractivity contribution is -0.112. The van der Waals surface area contributed by atoms with Crippen molar-refractivity contribution in [2.75, 3.05) is 5.32 Å². The summed E-state index contributed by atoms with van der Waals surface area (Å²) in [5, 5.41) is 12.1. The normalized spacial score (nSPS) is 11.0. The molecular weight excluding hydrogens is 363 g/mol. The van der Waals surface area contributed by atoms with Gasteiger partial charge in [-0.25, -0.2) is 4.39 Å². The molecule has 0 aliphatic heterocycles. The first-order chi connectivity index (χ1) is 13.9. The Morgan fingerprint density at radius 1 is 1.03 bits per heavy atom. The predicted octanol–water partition coefficient (Wildman–Crippen LogP) is 5.58. The topological polar surface area (TPSA) is 52.9 Å². The van der Waals surface area contributed by atoms with Crippen LogP contribution in [0.15, 0.2) is 72.3 Å². The largest absolute Gasteiger partial charge is 0.321 e. The molecule has 144 valence electrons. The molecule has 3 aromatic carbocycles. The first-order valence-electron chi connectivity index (χ1n) is 9.28. The summed E-state index contributed by atoms with van der Waals surface area (Å²) < 4.78 is 13.0. The van der Waals surface area contributed by atoms with Crippen molar-refractivity contribution in [3.63, 3.8) is 0 Å². The Balaban J connectivity index is 1.86. The van der Waals surface area contributed by atoms with E-state index in [9.17, 15) is 14.4 Å². The van der Waals surface area contributed by atoms with Gasteiger partial charge < -0.3 is 5.32 Å². The van der Waals surface area contributed by atoms with Gasteiger partial charge in [0.2, 0.25) is 0 Å². The molecule has 0 spiro atoms. The summed E-state index contributed by atoms with van der Waals surface area (Å²) in [7, 11) is 0. The minimum Gasteiger partial charge on any atom is -0.321 e. The second kappa shape index (κ2) is 8.99. The van der Waals surface area contributed by atoms with Crippen molar-refractivity contribution in [3.05, 3.63) is 106 Å². The summed E-state index contributed by atoms with van der Waals surface area (Å²) >= 11 is 0. The van der Waals surface area contributed by atoms with E-state index < -0.39 is 5.91 Å². The maximum atomic E-state index is 13.0. The summed E-state index contributed by atoms with van der Waals surface area (Å²) in [6.45, 7) is 4.13. The Hall–Kier alpha value is -3.71. The number of hydrogen-bond acceptors (Lipinski definition) is 2. The van der Waals surface area contributed by atoms with Crippen molar-refractivity contribution >= 4 is 17.7 Å². The van der Waals surface area contributed by atoms with E-state index in [-0.39, 0.29) is 11.4 Å². The lowest BCUT2D eigenvalue weighted by atomic mass is 9.96. The first-order valence-corrected chi connectivity index (χ1v) is 9.28. The third-order valence-electron chi connectivity index (χ3n) is 4.50. The van der Waals surface area contributed by atoms with Gasteiger partial charge in [0.25, 0.3) is 5.91 Å². The first kappa shape index (κ1) is 20.0. The lowest BCUT2D eigenvalue weighted by Crippen LogP contribution is -2.13. The summed E-state index contributed by atoms with van der Waals surface area (Å²) in [6, 6.07) is 21.5. The van der Waals surface area contributed by atoms with Crippen LogP contribution in [0, 0.1) is 31.0 Å². The zero-order valence-corrected chi connectivity index (χ0v) is 16.4. The van der Waals surface area contributed by atoms with Gasteiger partial charge in [-0.15, -0.1) is 0 Å². The van der Waals surface area contributed by atoms with Crippen molar-refractivity contribution in [1.29, 1.82) is 5.26 Å². The van der Waals surface area contributed by atoms with E-state index in [0.29, 0.717) is 12.1 Å². The third kappa shape index (κ3) is 5.40. The molecule has 3 rings (SSSR count). The van der Waals surface area contributed by atoms with Gasteiger partial charge in [0.1, 0.15) is 17.5 Å². The number of nitrogens with one attached hydrogen (secondary N) is 1. The minimum absolute atomic E-state index is 0.0119. The Morgan fingerprint density at radius 3 is 2.34 bits per heavy atom. The highest BCUT2D eigenvalue weighted by Gasteiger charge is 2.11. The molecule has 0 radical (unpaired) electrons. The molecule has 0 atom stereocenters. The van der Waals surface area contributed by atoms with Crippen LogP contribution in [0.4, 0.5) is 10.1 Å². The van der Waals surface area contributed by atoms with Crippen LogP contribution in [-0.2, 0) is 11.2 Å². The summed E-state index contributed by atoms with van der Waals surface area (Å²) in [6.07, 6.45) is 2.30. The Morgan fingerprint density at radius 2 is 1.69 bits per heavy atom. The molecule has 0 unspecified atom stereocenters. The zero-order valence-electron chi connectivity index (χ0n) is 16.4. The molecule has 0 aliphatic rings. The van der Waals surface area contributed by atoms with Crippen LogP contribution in [0.25, 0.3) is 6.08 Å². The maximum Gasteiger partial charge on any atom is 0.266 e. The Kier molecular flexibility index (Phi) is 6.21. The number of halogens is 1. The molecule has 1 amide bonds. The predicted molar refractivity (Wildman–Crippen MR) is 114 cm³/mol. The summed E-state index contributed by atoms with van der Waals surface area (Å²) in [5.41, 5.74) is 5.84. The quantitative estimate of drug-likeness (QED) is 0.461. The van der Waals surface area contributed by atoms with Gasteiger partial charge in [-0.05, 0) is 67.3 Å². The molecule has 0 saturated heterocycles. The molecule has 0 aliphatic carbocycles. The number of rotatable bonds is 5. The van der Waals surface area contributed by atoms with Gasteiger partial charge >= 0.3 is 0 Å². The van der Waals surface area contributed by atoms with Crippen molar-refractivity contribution in [1.82, 2.24) is 0 Å². The molecule has 29 heavy (non-hydrogen) atoms. The molecular formula is C25H21FN2O. The van der Waals surface area contributed by atoms with Crippen LogP contribution in [0.3, 0.4) is 0 Å². The second-order valence-electron chi connectivity index (χ2n) is 7.00. The van der Waals surface area contributed by atoms with E-state index in [4.69, 9.17) is 0 Å². The summed E-state index contributed by atoms with van der Waals surface area (Å²) in [5.74, 6) is -0.917. The number of nitrogens with zero attached hydrogens (tertiary/aromatic N) is 1. The van der Waals surface area contributed by atoms with Crippen LogP contribution in [0.1, 0.15) is 27.8 Å². The van der Waals surface area contributed by atoms with E-state index >= 15 is 0 Å². The van der Waals surface area contributed by atoms with Gasteiger partial charge in [-0.2, -0.15) is 5.26 Å². The van der Waals surface area contributed by atoms with Crippen LogP contribution < -0.4 is 5.32 Å². The van der Waals surface area contributed by atoms with Crippen LogP contribution in [0.5, 0.6) is 0 Å². The van der Waals surface area contributed by atoms with Crippen LogP contribution in [-0.4, -0.2) is 5.91 Å². The van der Waals surface area contributed by atoms with Gasteiger partial charge in [-0.3, -0.25) is 4.79 Å². The highest BCUT2D eigenvalue weighted by molar-refractivity contribution is 6.09. The highest BCUT2D eigenvalue weighted by atomic mass is 19.1. The molecule has 0 aromatic heterocycles. The molecule has 3 aromatic rings. The fourth-order valence-corrected chi connectivity index (χ4v) is 3.26. The number of anilines is 1. The Labute approximate surface area is 170 Å². The standard InChI is InChI=1S/C25H21FN2O/c1-17-11-18(2)13-19(12-17)14-20-5-3-4-6-21(20)15-22(16-27)25(29)28-24-9-7-23(26)8-10-24/h3-13,15H,14H2,1-2H3,(H,28,29)/b22-15+. The smallest absolute Gasteiger partial charge is 0.266 e. The molecule has 0 bridgehead atoms. The number of carbonyl (C=O) groups excluding carboxylic acids is 1. The number of benzene rings is 3. The van der Waals surface area contributed by atoms with E-state index in [1.54, 1.807) is 6.08 Å². The number of aryl methyl sites for hydroxylation is 2. The van der Waals surface area contributed by atoms with Gasteiger partial charge in [0.15, 0.2) is 0 Å². The molecule has 0 fully saturated rings. The van der Waals surface area contributed by atoms with Gasteiger partial charge in [0, 0.05) is 5.69 Å². The van der Waals surface area contributed by atoms with E-state index in [1.165, 1.54) is 41.0 Å². The fourth-order valence-electron chi connectivity index (χ4n) is 3.26. The zero-order chi connectivity index (χ0) is 20.8. The van der Waals surface area contributed by atoms with Crippen LogP contribution >= 0.6 is 0 Å². The van der Waals surface area contributed by atoms with E-state index in [0.717, 1.165) is 11.1 Å². The van der Waals surface area contributed by atoms with Gasteiger partial charge in [-0.1, -0.05) is 53.6 Å². The Bertz CT molecular complexity index is 1090. The van der Waals surface area contributed by atoms with E-state index in [1.807, 2.05) is 30.3 Å². The monoisotopic (exact) mass is 384 g/mol. The molecule has 0 heterocycles. The molecule has 0 saturated carbocycles. The number of carbonyl (C=O) groups is 1.